The molecule has 1 aromatic carbocycles. The second-order valence-electron chi connectivity index (χ2n) is 5.42. The summed E-state index contributed by atoms with van der Waals surface area (Å²) in [7, 11) is 0. The number of rotatable bonds is 3. The fourth-order valence-corrected chi connectivity index (χ4v) is 3.44. The van der Waals surface area contributed by atoms with Gasteiger partial charge in [-0.15, -0.1) is 10.2 Å². The molecule has 0 saturated carbocycles. The van der Waals surface area contributed by atoms with Gasteiger partial charge in [0.1, 0.15) is 5.01 Å². The summed E-state index contributed by atoms with van der Waals surface area (Å²) < 4.78 is 0. The van der Waals surface area contributed by atoms with Crippen LogP contribution in [0.25, 0.3) is 0 Å². The van der Waals surface area contributed by atoms with Gasteiger partial charge in [0.25, 0.3) is 0 Å². The zero-order valence-electron chi connectivity index (χ0n) is 11.3. The van der Waals surface area contributed by atoms with Crippen molar-refractivity contribution in [2.75, 3.05) is 10.6 Å². The second-order valence-corrected chi connectivity index (χ2v) is 6.46. The van der Waals surface area contributed by atoms with Crippen LogP contribution in [0.5, 0.6) is 0 Å². The lowest BCUT2D eigenvalue weighted by Crippen LogP contribution is -2.14. The molecule has 1 aromatic heterocycles. The zero-order chi connectivity index (χ0) is 13.4. The van der Waals surface area contributed by atoms with Gasteiger partial charge in [0, 0.05) is 25.2 Å². The second kappa shape index (κ2) is 4.81. The smallest absolute Gasteiger partial charge is 0.208 e. The number of nitrogens with two attached hydrogens (primary N) is 1. The maximum Gasteiger partial charge on any atom is 0.208 e. The first-order valence-corrected chi connectivity index (χ1v) is 7.38. The average Bonchev–Trinajstić information content (AvgIpc) is 2.94. The molecule has 2 heterocycles. The number of anilines is 2. The molecule has 100 valence electrons. The Morgan fingerprint density at radius 2 is 2.16 bits per heavy atom. The van der Waals surface area contributed by atoms with Crippen molar-refractivity contribution in [1.82, 2.24) is 10.2 Å². The Morgan fingerprint density at radius 3 is 2.89 bits per heavy atom. The van der Waals surface area contributed by atoms with E-state index in [2.05, 4.69) is 35.0 Å². The number of hydrogen-bond acceptors (Lipinski definition) is 5. The van der Waals surface area contributed by atoms with Crippen molar-refractivity contribution in [3.05, 3.63) is 34.3 Å². The fourth-order valence-electron chi connectivity index (χ4n) is 2.39. The van der Waals surface area contributed by atoms with Gasteiger partial charge < -0.3 is 10.6 Å². The third-order valence-corrected chi connectivity index (χ3v) is 4.34. The van der Waals surface area contributed by atoms with E-state index in [1.165, 1.54) is 11.1 Å². The highest BCUT2D eigenvalue weighted by atomic mass is 32.1. The normalized spacial score (nSPS) is 14.2. The molecular weight excluding hydrogens is 256 g/mol. The predicted octanol–water partition coefficient (Wildman–Crippen LogP) is 2.84. The highest BCUT2D eigenvalue weighted by Gasteiger charge is 2.23. The molecule has 0 amide bonds. The first-order chi connectivity index (χ1) is 9.13. The highest BCUT2D eigenvalue weighted by molar-refractivity contribution is 7.15. The number of nitrogen functional groups attached to an aromatic ring is 1. The summed E-state index contributed by atoms with van der Waals surface area (Å²) in [5.74, 6) is 0.618. The maximum absolute atomic E-state index is 6.02. The summed E-state index contributed by atoms with van der Waals surface area (Å²) in [5.41, 5.74) is 9.45. The van der Waals surface area contributed by atoms with E-state index in [0.717, 1.165) is 35.3 Å². The molecule has 2 N–H and O–H groups in total. The molecule has 0 fully saturated rings. The summed E-state index contributed by atoms with van der Waals surface area (Å²) in [6.45, 7) is 6.13. The Kier molecular flexibility index (Phi) is 3.14. The van der Waals surface area contributed by atoms with Crippen LogP contribution in [-0.2, 0) is 19.5 Å². The van der Waals surface area contributed by atoms with Gasteiger partial charge in [-0.1, -0.05) is 37.3 Å². The minimum absolute atomic E-state index is 0.618. The molecule has 5 heteroatoms. The largest absolute Gasteiger partial charge is 0.398 e. The van der Waals surface area contributed by atoms with E-state index < -0.39 is 0 Å². The van der Waals surface area contributed by atoms with E-state index in [9.17, 15) is 0 Å². The average molecular weight is 274 g/mol. The minimum atomic E-state index is 0.618. The lowest BCUT2D eigenvalue weighted by molar-refractivity contribution is 0.639. The summed E-state index contributed by atoms with van der Waals surface area (Å²) >= 11 is 1.70. The lowest BCUT2D eigenvalue weighted by Gasteiger charge is -2.12. The quantitative estimate of drug-likeness (QED) is 0.874. The third-order valence-electron chi connectivity index (χ3n) is 3.33. The van der Waals surface area contributed by atoms with Crippen molar-refractivity contribution in [3.8, 4) is 0 Å². The zero-order valence-corrected chi connectivity index (χ0v) is 12.1. The standard InChI is InChI=1S/C14H18N4S/c1-9(2)6-13-16-17-14(19-13)18-7-10-4-3-5-12(15)11(10)8-18/h3-5,9H,6-8,15H2,1-2H3. The fraction of sp³-hybridized carbons (Fsp3) is 0.429. The molecule has 0 spiro atoms. The van der Waals surface area contributed by atoms with E-state index in [-0.39, 0.29) is 0 Å². The van der Waals surface area contributed by atoms with Crippen LogP contribution < -0.4 is 10.6 Å². The molecule has 0 bridgehead atoms. The van der Waals surface area contributed by atoms with Crippen molar-refractivity contribution >= 4 is 22.2 Å². The lowest BCUT2D eigenvalue weighted by atomic mass is 10.1. The third kappa shape index (κ3) is 2.42. The van der Waals surface area contributed by atoms with Gasteiger partial charge in [0.2, 0.25) is 5.13 Å². The van der Waals surface area contributed by atoms with Gasteiger partial charge in [-0.25, -0.2) is 0 Å². The van der Waals surface area contributed by atoms with Crippen molar-refractivity contribution in [2.45, 2.75) is 33.4 Å². The summed E-state index contributed by atoms with van der Waals surface area (Å²) in [4.78, 5) is 2.25. The van der Waals surface area contributed by atoms with Crippen LogP contribution in [0, 0.1) is 5.92 Å². The first-order valence-electron chi connectivity index (χ1n) is 6.57. The number of benzene rings is 1. The molecule has 4 nitrogen and oxygen atoms in total. The van der Waals surface area contributed by atoms with Gasteiger partial charge in [-0.2, -0.15) is 0 Å². The van der Waals surface area contributed by atoms with Crippen molar-refractivity contribution in [1.29, 1.82) is 0 Å². The molecule has 1 aliphatic rings. The van der Waals surface area contributed by atoms with Gasteiger partial charge in [0.15, 0.2) is 0 Å². The molecule has 0 aliphatic carbocycles. The molecule has 0 saturated heterocycles. The highest BCUT2D eigenvalue weighted by Crippen LogP contribution is 2.33. The topological polar surface area (TPSA) is 55.0 Å². The van der Waals surface area contributed by atoms with Gasteiger partial charge in [-0.3, -0.25) is 0 Å². The number of hydrogen-bond donors (Lipinski definition) is 1. The number of aromatic nitrogens is 2. The minimum Gasteiger partial charge on any atom is -0.398 e. The molecule has 3 rings (SSSR count). The van der Waals surface area contributed by atoms with Crippen LogP contribution in [0.2, 0.25) is 0 Å². The SMILES string of the molecule is CC(C)Cc1nnc(N2Cc3cccc(N)c3C2)s1. The van der Waals surface area contributed by atoms with E-state index in [1.807, 2.05) is 12.1 Å². The van der Waals surface area contributed by atoms with Crippen LogP contribution in [-0.4, -0.2) is 10.2 Å². The summed E-state index contributed by atoms with van der Waals surface area (Å²) in [6.07, 6.45) is 1.00. The van der Waals surface area contributed by atoms with Gasteiger partial charge in [-0.05, 0) is 23.1 Å². The Hall–Kier alpha value is -1.62. The van der Waals surface area contributed by atoms with Gasteiger partial charge >= 0.3 is 0 Å². The van der Waals surface area contributed by atoms with Crippen LogP contribution >= 0.6 is 11.3 Å². The van der Waals surface area contributed by atoms with Crippen LogP contribution in [0.4, 0.5) is 10.8 Å². The predicted molar refractivity (Wildman–Crippen MR) is 79.2 cm³/mol. The van der Waals surface area contributed by atoms with Crippen LogP contribution in [0.1, 0.15) is 30.0 Å². The molecule has 0 atom stereocenters. The van der Waals surface area contributed by atoms with E-state index in [1.54, 1.807) is 11.3 Å². The molecule has 2 aromatic rings. The van der Waals surface area contributed by atoms with Gasteiger partial charge in [0.05, 0.1) is 0 Å². The monoisotopic (exact) mass is 274 g/mol. The Morgan fingerprint density at radius 1 is 1.32 bits per heavy atom. The number of nitrogens with zero attached hydrogens (tertiary/aromatic N) is 3. The summed E-state index contributed by atoms with van der Waals surface area (Å²) in [5, 5.41) is 10.7. The molecule has 19 heavy (non-hydrogen) atoms. The van der Waals surface area contributed by atoms with Crippen molar-refractivity contribution in [2.24, 2.45) is 5.92 Å². The molecule has 1 aliphatic heterocycles. The van der Waals surface area contributed by atoms with E-state index >= 15 is 0 Å². The molecule has 0 radical (unpaired) electrons. The summed E-state index contributed by atoms with van der Waals surface area (Å²) in [6, 6.07) is 6.12. The number of fused-ring (bicyclic) bond motifs is 1. The maximum atomic E-state index is 6.02. The van der Waals surface area contributed by atoms with Crippen LogP contribution in [0.15, 0.2) is 18.2 Å². The Labute approximate surface area is 117 Å². The van der Waals surface area contributed by atoms with Crippen molar-refractivity contribution < 1.29 is 0 Å². The first kappa shape index (κ1) is 12.4. The Balaban J connectivity index is 1.79. The van der Waals surface area contributed by atoms with Crippen molar-refractivity contribution in [3.63, 3.8) is 0 Å². The van der Waals surface area contributed by atoms with E-state index in [0.29, 0.717) is 5.92 Å². The Bertz CT molecular complexity index is 591. The van der Waals surface area contributed by atoms with E-state index in [4.69, 9.17) is 5.73 Å². The molecule has 0 unspecified atom stereocenters. The van der Waals surface area contributed by atoms with Crippen LogP contribution in [0.3, 0.4) is 0 Å². The molecular formula is C14H18N4S.